The maximum Gasteiger partial charge on any atom is 0.305 e. The van der Waals surface area contributed by atoms with Gasteiger partial charge in [0.2, 0.25) is 5.91 Å². The Morgan fingerprint density at radius 1 is 0.320 bits per heavy atom. The van der Waals surface area contributed by atoms with Crippen LogP contribution in [0.4, 0.5) is 0 Å². The van der Waals surface area contributed by atoms with E-state index in [9.17, 15) is 19.8 Å². The van der Waals surface area contributed by atoms with Crippen LogP contribution < -0.4 is 5.32 Å². The molecule has 3 N–H and O–H groups in total. The Hall–Kier alpha value is -1.14. The first-order chi connectivity index (χ1) is 37.0. The van der Waals surface area contributed by atoms with E-state index in [0.717, 1.165) is 38.5 Å². The van der Waals surface area contributed by atoms with Gasteiger partial charge in [0.25, 0.3) is 0 Å². The van der Waals surface area contributed by atoms with Crippen LogP contribution in [0.1, 0.15) is 406 Å². The zero-order chi connectivity index (χ0) is 54.3. The van der Waals surface area contributed by atoms with E-state index >= 15 is 0 Å². The number of esters is 1. The molecule has 0 aromatic heterocycles. The molecule has 6 heteroatoms. The predicted molar refractivity (Wildman–Crippen MR) is 329 cm³/mol. The van der Waals surface area contributed by atoms with Gasteiger partial charge in [-0.15, -0.1) is 0 Å². The molecule has 0 radical (unpaired) electrons. The quantitative estimate of drug-likeness (QED) is 0.0417. The number of amides is 1. The van der Waals surface area contributed by atoms with Crippen LogP contribution in [0.3, 0.4) is 0 Å². The van der Waals surface area contributed by atoms with Crippen LogP contribution in [-0.2, 0) is 14.3 Å². The Kier molecular flexibility index (Phi) is 64.4. The van der Waals surface area contributed by atoms with Crippen molar-refractivity contribution in [2.45, 2.75) is 418 Å². The second-order valence-corrected chi connectivity index (χ2v) is 24.2. The molecule has 0 saturated heterocycles. The number of ether oxygens (including phenoxy) is 1. The highest BCUT2D eigenvalue weighted by Gasteiger charge is 2.20. The van der Waals surface area contributed by atoms with E-state index in [2.05, 4.69) is 19.2 Å². The number of hydrogen-bond donors (Lipinski definition) is 3. The van der Waals surface area contributed by atoms with Crippen molar-refractivity contribution < 1.29 is 24.5 Å². The van der Waals surface area contributed by atoms with Gasteiger partial charge in [0.15, 0.2) is 0 Å². The molecule has 0 spiro atoms. The molecule has 0 rings (SSSR count). The largest absolute Gasteiger partial charge is 0.466 e. The maximum absolute atomic E-state index is 12.5. The van der Waals surface area contributed by atoms with Gasteiger partial charge in [0, 0.05) is 12.8 Å². The second kappa shape index (κ2) is 65.4. The molecule has 75 heavy (non-hydrogen) atoms. The van der Waals surface area contributed by atoms with Crippen molar-refractivity contribution in [1.29, 1.82) is 0 Å². The third kappa shape index (κ3) is 61.9. The summed E-state index contributed by atoms with van der Waals surface area (Å²) in [6.07, 6.45) is 78.7. The van der Waals surface area contributed by atoms with Crippen molar-refractivity contribution in [3.63, 3.8) is 0 Å². The van der Waals surface area contributed by atoms with Gasteiger partial charge in [-0.3, -0.25) is 9.59 Å². The number of aliphatic hydroxyl groups excluding tert-OH is 2. The number of carbonyl (C=O) groups is 2. The molecule has 0 aromatic carbocycles. The van der Waals surface area contributed by atoms with E-state index in [4.69, 9.17) is 4.74 Å². The molecule has 448 valence electrons. The first kappa shape index (κ1) is 73.9. The standard InChI is InChI=1S/C69H137NO5/c1-3-5-7-9-11-13-15-17-34-37-41-45-49-53-57-61-67(72)66(65-71)70-68(73)62-58-54-50-46-42-38-35-32-30-28-26-24-22-20-19-21-23-25-27-29-31-33-36-40-44-48-52-56-60-64-75-69(74)63-59-55-51-47-43-39-18-16-14-12-10-8-6-4-2/h66-67,71-72H,3-65H2,1-2H3,(H,70,73). The third-order valence-corrected chi connectivity index (χ3v) is 16.7. The lowest BCUT2D eigenvalue weighted by molar-refractivity contribution is -0.143. The summed E-state index contributed by atoms with van der Waals surface area (Å²) in [6, 6.07) is -0.537. The summed E-state index contributed by atoms with van der Waals surface area (Å²) in [5, 5.41) is 23.3. The Labute approximate surface area is 470 Å². The van der Waals surface area contributed by atoms with Crippen molar-refractivity contribution in [2.24, 2.45) is 0 Å². The van der Waals surface area contributed by atoms with Gasteiger partial charge >= 0.3 is 5.97 Å². The van der Waals surface area contributed by atoms with Gasteiger partial charge in [-0.1, -0.05) is 367 Å². The Bertz CT molecular complexity index is 1080. The number of aliphatic hydroxyl groups is 2. The second-order valence-electron chi connectivity index (χ2n) is 24.2. The normalized spacial score (nSPS) is 12.4. The monoisotopic (exact) mass is 1060 g/mol. The fourth-order valence-corrected chi connectivity index (χ4v) is 11.4. The molecule has 0 bridgehead atoms. The average Bonchev–Trinajstić information content (AvgIpc) is 3.41. The van der Waals surface area contributed by atoms with E-state index in [1.165, 1.54) is 334 Å². The molecule has 0 heterocycles. The number of nitrogens with one attached hydrogen (secondary N) is 1. The van der Waals surface area contributed by atoms with Gasteiger partial charge in [0.05, 0.1) is 25.4 Å². The van der Waals surface area contributed by atoms with E-state index in [-0.39, 0.29) is 18.5 Å². The summed E-state index contributed by atoms with van der Waals surface area (Å²) in [6.45, 7) is 5.00. The molecule has 0 fully saturated rings. The third-order valence-electron chi connectivity index (χ3n) is 16.7. The molecule has 0 aliphatic carbocycles. The van der Waals surface area contributed by atoms with E-state index < -0.39 is 12.1 Å². The summed E-state index contributed by atoms with van der Waals surface area (Å²) in [5.41, 5.74) is 0. The zero-order valence-corrected chi connectivity index (χ0v) is 51.3. The molecule has 1 amide bonds. The lowest BCUT2D eigenvalue weighted by Crippen LogP contribution is -2.45. The molecule has 2 unspecified atom stereocenters. The van der Waals surface area contributed by atoms with Crippen LogP contribution in [0.2, 0.25) is 0 Å². The highest BCUT2D eigenvalue weighted by Crippen LogP contribution is 2.19. The molecule has 0 saturated carbocycles. The number of unbranched alkanes of at least 4 members (excludes halogenated alkanes) is 55. The smallest absolute Gasteiger partial charge is 0.305 e. The van der Waals surface area contributed by atoms with Gasteiger partial charge in [-0.25, -0.2) is 0 Å². The predicted octanol–water partition coefficient (Wildman–Crippen LogP) is 22.2. The van der Waals surface area contributed by atoms with Crippen LogP contribution in [0.25, 0.3) is 0 Å². The first-order valence-electron chi connectivity index (χ1n) is 34.8. The fraction of sp³-hybridized carbons (Fsp3) is 0.971. The van der Waals surface area contributed by atoms with Crippen molar-refractivity contribution in [3.05, 3.63) is 0 Å². The van der Waals surface area contributed by atoms with Gasteiger partial charge in [-0.05, 0) is 25.7 Å². The minimum atomic E-state index is -0.660. The van der Waals surface area contributed by atoms with Crippen molar-refractivity contribution in [2.75, 3.05) is 13.2 Å². The lowest BCUT2D eigenvalue weighted by Gasteiger charge is -2.22. The van der Waals surface area contributed by atoms with Crippen LogP contribution >= 0.6 is 0 Å². The minimum absolute atomic E-state index is 0.0229. The fourth-order valence-electron chi connectivity index (χ4n) is 11.4. The molecule has 0 aliphatic rings. The minimum Gasteiger partial charge on any atom is -0.466 e. The van der Waals surface area contributed by atoms with Gasteiger partial charge in [0.1, 0.15) is 0 Å². The van der Waals surface area contributed by atoms with Crippen LogP contribution in [-0.4, -0.2) is 47.4 Å². The van der Waals surface area contributed by atoms with Crippen LogP contribution in [0.15, 0.2) is 0 Å². The zero-order valence-electron chi connectivity index (χ0n) is 51.3. The van der Waals surface area contributed by atoms with Crippen LogP contribution in [0, 0.1) is 0 Å². The Morgan fingerprint density at radius 2 is 0.547 bits per heavy atom. The van der Waals surface area contributed by atoms with E-state index in [0.29, 0.717) is 25.9 Å². The Balaban J connectivity index is 3.31. The molecule has 2 atom stereocenters. The van der Waals surface area contributed by atoms with Crippen molar-refractivity contribution in [1.82, 2.24) is 5.32 Å². The van der Waals surface area contributed by atoms with Crippen molar-refractivity contribution in [3.8, 4) is 0 Å². The first-order valence-corrected chi connectivity index (χ1v) is 34.8. The summed E-state index contributed by atoms with van der Waals surface area (Å²) < 4.78 is 5.50. The van der Waals surface area contributed by atoms with Gasteiger partial charge in [-0.2, -0.15) is 0 Å². The molecule has 0 aromatic rings. The highest BCUT2D eigenvalue weighted by molar-refractivity contribution is 5.76. The molecular formula is C69H137NO5. The SMILES string of the molecule is CCCCCCCCCCCCCCCCCC(O)C(CO)NC(=O)CCCCCCCCCCCCCCCCCCCCCCCCCCCCCCCOC(=O)CCCCCCCCCCCCCCCC. The summed E-state index contributed by atoms with van der Waals surface area (Å²) in [5.74, 6) is -0.00484. The summed E-state index contributed by atoms with van der Waals surface area (Å²) in [4.78, 5) is 24.6. The maximum atomic E-state index is 12.5. The average molecular weight is 1060 g/mol. The summed E-state index contributed by atoms with van der Waals surface area (Å²) in [7, 11) is 0. The summed E-state index contributed by atoms with van der Waals surface area (Å²) >= 11 is 0. The van der Waals surface area contributed by atoms with E-state index in [1.807, 2.05) is 0 Å². The lowest BCUT2D eigenvalue weighted by atomic mass is 10.0. The number of carbonyl (C=O) groups excluding carboxylic acids is 2. The highest BCUT2D eigenvalue weighted by atomic mass is 16.5. The van der Waals surface area contributed by atoms with E-state index in [1.54, 1.807) is 0 Å². The topological polar surface area (TPSA) is 95.9 Å². The molecule has 0 aliphatic heterocycles. The number of hydrogen-bond acceptors (Lipinski definition) is 5. The van der Waals surface area contributed by atoms with Crippen LogP contribution in [0.5, 0.6) is 0 Å². The number of rotatable bonds is 66. The molecular weight excluding hydrogens is 923 g/mol. The van der Waals surface area contributed by atoms with Gasteiger partial charge < -0.3 is 20.3 Å². The van der Waals surface area contributed by atoms with Crippen molar-refractivity contribution >= 4 is 11.9 Å². The molecule has 6 nitrogen and oxygen atoms in total. The Morgan fingerprint density at radius 3 is 0.813 bits per heavy atom.